The fourth-order valence-electron chi connectivity index (χ4n) is 2.72. The van der Waals surface area contributed by atoms with E-state index in [-0.39, 0.29) is 5.91 Å². The van der Waals surface area contributed by atoms with Crippen LogP contribution in [0.15, 0.2) is 18.2 Å². The van der Waals surface area contributed by atoms with Crippen molar-refractivity contribution in [3.63, 3.8) is 0 Å². The van der Waals surface area contributed by atoms with E-state index in [1.54, 1.807) is 0 Å². The molecule has 0 unspecified atom stereocenters. The average molecular weight is 308 g/mol. The number of rotatable bonds is 3. The molecule has 1 amide bonds. The van der Waals surface area contributed by atoms with E-state index in [0.29, 0.717) is 11.7 Å². The standard InChI is InChI=1S/C15H20N2OS2/c1-17-8-11-2-3-13(6-12(11)9-17)16-15(18)7-14-10-19-4-5-20-14/h2-3,6,14H,4-5,7-10H2,1H3,(H,16,18)/t14-/m1/s1. The van der Waals surface area contributed by atoms with Gasteiger partial charge in [0.2, 0.25) is 5.91 Å². The van der Waals surface area contributed by atoms with Gasteiger partial charge in [0.15, 0.2) is 0 Å². The number of anilines is 1. The van der Waals surface area contributed by atoms with Crippen molar-refractivity contribution in [3.8, 4) is 0 Å². The molecule has 1 atom stereocenters. The molecule has 0 bridgehead atoms. The van der Waals surface area contributed by atoms with Crippen LogP contribution in [-0.4, -0.2) is 40.4 Å². The van der Waals surface area contributed by atoms with E-state index in [4.69, 9.17) is 0 Å². The van der Waals surface area contributed by atoms with Gasteiger partial charge in [0.05, 0.1) is 0 Å². The third-order valence-corrected chi connectivity index (χ3v) is 6.51. The smallest absolute Gasteiger partial charge is 0.225 e. The van der Waals surface area contributed by atoms with E-state index in [2.05, 4.69) is 29.4 Å². The van der Waals surface area contributed by atoms with Crippen LogP contribution in [0.1, 0.15) is 17.5 Å². The molecule has 2 heterocycles. The van der Waals surface area contributed by atoms with Crippen LogP contribution in [0.3, 0.4) is 0 Å². The zero-order valence-electron chi connectivity index (χ0n) is 11.7. The maximum atomic E-state index is 12.1. The van der Waals surface area contributed by atoms with E-state index in [1.165, 1.54) is 22.6 Å². The fraction of sp³-hybridized carbons (Fsp3) is 0.533. The first-order chi connectivity index (χ1) is 9.70. The highest BCUT2D eigenvalue weighted by Gasteiger charge is 2.19. The van der Waals surface area contributed by atoms with Crippen LogP contribution in [0.4, 0.5) is 5.69 Å². The van der Waals surface area contributed by atoms with Crippen LogP contribution in [0.5, 0.6) is 0 Å². The Balaban J connectivity index is 1.57. The van der Waals surface area contributed by atoms with Gasteiger partial charge in [-0.3, -0.25) is 9.69 Å². The minimum atomic E-state index is 0.149. The molecule has 1 N–H and O–H groups in total. The summed E-state index contributed by atoms with van der Waals surface area (Å²) in [6.07, 6.45) is 0.634. The van der Waals surface area contributed by atoms with Crippen molar-refractivity contribution in [2.75, 3.05) is 29.6 Å². The summed E-state index contributed by atoms with van der Waals surface area (Å²) >= 11 is 3.90. The monoisotopic (exact) mass is 308 g/mol. The predicted octanol–water partition coefficient (Wildman–Crippen LogP) is 2.81. The summed E-state index contributed by atoms with van der Waals surface area (Å²) in [6.45, 7) is 1.99. The number of nitrogens with one attached hydrogen (secondary N) is 1. The van der Waals surface area contributed by atoms with E-state index < -0.39 is 0 Å². The van der Waals surface area contributed by atoms with Gasteiger partial charge in [0.25, 0.3) is 0 Å². The van der Waals surface area contributed by atoms with Crippen LogP contribution in [0.2, 0.25) is 0 Å². The molecule has 5 heteroatoms. The number of carbonyl (C=O) groups excluding carboxylic acids is 1. The largest absolute Gasteiger partial charge is 0.326 e. The van der Waals surface area contributed by atoms with Gasteiger partial charge in [-0.2, -0.15) is 23.5 Å². The lowest BCUT2D eigenvalue weighted by atomic mass is 10.1. The van der Waals surface area contributed by atoms with Gasteiger partial charge >= 0.3 is 0 Å². The minimum absolute atomic E-state index is 0.149. The van der Waals surface area contributed by atoms with Crippen molar-refractivity contribution in [1.29, 1.82) is 0 Å². The Hall–Kier alpha value is -0.650. The van der Waals surface area contributed by atoms with E-state index >= 15 is 0 Å². The highest BCUT2D eigenvalue weighted by Crippen LogP contribution is 2.27. The van der Waals surface area contributed by atoms with Crippen LogP contribution in [0.25, 0.3) is 0 Å². The van der Waals surface area contributed by atoms with Crippen molar-refractivity contribution < 1.29 is 4.79 Å². The second-order valence-corrected chi connectivity index (χ2v) is 8.03. The number of amides is 1. The van der Waals surface area contributed by atoms with Gasteiger partial charge in [-0.05, 0) is 30.3 Å². The lowest BCUT2D eigenvalue weighted by Crippen LogP contribution is -2.22. The molecule has 2 aliphatic heterocycles. The fourth-order valence-corrected chi connectivity index (χ4v) is 5.40. The molecule has 0 aromatic heterocycles. The molecule has 1 aromatic rings. The molecule has 1 saturated heterocycles. The Bertz CT molecular complexity index is 501. The van der Waals surface area contributed by atoms with Crippen molar-refractivity contribution in [2.24, 2.45) is 0 Å². The van der Waals surface area contributed by atoms with Crippen molar-refractivity contribution in [2.45, 2.75) is 24.8 Å². The van der Waals surface area contributed by atoms with Crippen molar-refractivity contribution in [3.05, 3.63) is 29.3 Å². The van der Waals surface area contributed by atoms with Crippen LogP contribution < -0.4 is 5.32 Å². The van der Waals surface area contributed by atoms with E-state index in [1.807, 2.05) is 29.6 Å². The zero-order chi connectivity index (χ0) is 13.9. The number of benzene rings is 1. The summed E-state index contributed by atoms with van der Waals surface area (Å²) in [4.78, 5) is 14.4. The quantitative estimate of drug-likeness (QED) is 0.930. The Kier molecular flexibility index (Phi) is 4.58. The van der Waals surface area contributed by atoms with E-state index in [0.717, 1.165) is 24.5 Å². The van der Waals surface area contributed by atoms with Gasteiger partial charge in [0, 0.05) is 47.7 Å². The highest BCUT2D eigenvalue weighted by molar-refractivity contribution is 8.06. The molecular formula is C15H20N2OS2. The van der Waals surface area contributed by atoms with Gasteiger partial charge < -0.3 is 5.32 Å². The summed E-state index contributed by atoms with van der Waals surface area (Å²) in [5.74, 6) is 3.65. The molecule has 0 radical (unpaired) electrons. The number of nitrogens with zero attached hydrogens (tertiary/aromatic N) is 1. The molecule has 20 heavy (non-hydrogen) atoms. The first kappa shape index (κ1) is 14.3. The van der Waals surface area contributed by atoms with Gasteiger partial charge in [0.1, 0.15) is 0 Å². The van der Waals surface area contributed by atoms with Crippen molar-refractivity contribution in [1.82, 2.24) is 4.90 Å². The molecule has 108 valence electrons. The lowest BCUT2D eigenvalue weighted by Gasteiger charge is -2.20. The Morgan fingerprint density at radius 1 is 1.35 bits per heavy atom. The maximum absolute atomic E-state index is 12.1. The second-order valence-electron chi connectivity index (χ2n) is 5.48. The molecule has 3 rings (SSSR count). The average Bonchev–Trinajstić information content (AvgIpc) is 2.79. The lowest BCUT2D eigenvalue weighted by molar-refractivity contribution is -0.116. The summed E-state index contributed by atoms with van der Waals surface area (Å²) < 4.78 is 0. The molecule has 1 fully saturated rings. The molecule has 3 nitrogen and oxygen atoms in total. The summed E-state index contributed by atoms with van der Waals surface area (Å²) in [5, 5.41) is 3.53. The Morgan fingerprint density at radius 2 is 2.20 bits per heavy atom. The number of carbonyl (C=O) groups is 1. The third-order valence-electron chi connectivity index (χ3n) is 3.67. The number of thioether (sulfide) groups is 2. The minimum Gasteiger partial charge on any atom is -0.326 e. The van der Waals surface area contributed by atoms with Gasteiger partial charge in [-0.1, -0.05) is 6.07 Å². The van der Waals surface area contributed by atoms with Crippen molar-refractivity contribution >= 4 is 35.1 Å². The number of hydrogen-bond donors (Lipinski definition) is 1. The zero-order valence-corrected chi connectivity index (χ0v) is 13.4. The van der Waals surface area contributed by atoms with Gasteiger partial charge in [-0.25, -0.2) is 0 Å². The first-order valence-electron chi connectivity index (χ1n) is 7.00. The van der Waals surface area contributed by atoms with Gasteiger partial charge in [-0.15, -0.1) is 0 Å². The van der Waals surface area contributed by atoms with Crippen LogP contribution in [0, 0.1) is 0 Å². The normalized spacial score (nSPS) is 22.6. The second kappa shape index (κ2) is 6.41. The molecular weight excluding hydrogens is 288 g/mol. The molecule has 0 aliphatic carbocycles. The van der Waals surface area contributed by atoms with E-state index in [9.17, 15) is 4.79 Å². The highest BCUT2D eigenvalue weighted by atomic mass is 32.2. The number of hydrogen-bond acceptors (Lipinski definition) is 4. The topological polar surface area (TPSA) is 32.3 Å². The Morgan fingerprint density at radius 3 is 3.00 bits per heavy atom. The first-order valence-corrected chi connectivity index (χ1v) is 9.20. The molecule has 0 saturated carbocycles. The van der Waals surface area contributed by atoms with Crippen LogP contribution >= 0.6 is 23.5 Å². The summed E-state index contributed by atoms with van der Waals surface area (Å²) in [7, 11) is 2.12. The predicted molar refractivity (Wildman–Crippen MR) is 88.4 cm³/mol. The molecule has 2 aliphatic rings. The third kappa shape index (κ3) is 3.51. The molecule has 1 aromatic carbocycles. The SMILES string of the molecule is CN1Cc2ccc(NC(=O)C[C@@H]3CSCCS3)cc2C1. The maximum Gasteiger partial charge on any atom is 0.225 e. The Labute approximate surface area is 128 Å². The number of fused-ring (bicyclic) bond motifs is 1. The molecule has 0 spiro atoms. The summed E-state index contributed by atoms with van der Waals surface area (Å²) in [6, 6.07) is 6.29. The van der Waals surface area contributed by atoms with Crippen LogP contribution in [-0.2, 0) is 17.9 Å². The summed E-state index contributed by atoms with van der Waals surface area (Å²) in [5.41, 5.74) is 3.66.